The standard InChI is InChI=1S/C22H19F3N2O3/c1-2-30-20(28)11-12-26-21(29)15-5-3-14(4-6-15)18-9-7-16-13-17(22(23,24)25)8-10-19(16)27-18/h3-10,13H,2,11-12H2,1H3,(H,26,29). The van der Waals surface area contributed by atoms with Gasteiger partial charge in [0.1, 0.15) is 0 Å². The van der Waals surface area contributed by atoms with Gasteiger partial charge in [-0.05, 0) is 43.3 Å². The van der Waals surface area contributed by atoms with E-state index in [9.17, 15) is 22.8 Å². The lowest BCUT2D eigenvalue weighted by Gasteiger charge is -2.09. The molecule has 0 saturated carbocycles. The minimum atomic E-state index is -4.40. The average Bonchev–Trinajstić information content (AvgIpc) is 2.72. The Hall–Kier alpha value is -3.42. The van der Waals surface area contributed by atoms with E-state index in [0.717, 1.165) is 17.7 Å². The SMILES string of the molecule is CCOC(=O)CCNC(=O)c1ccc(-c2ccc3cc(C(F)(F)F)ccc3n2)cc1. The molecule has 3 rings (SSSR count). The van der Waals surface area contributed by atoms with E-state index in [0.29, 0.717) is 28.8 Å². The largest absolute Gasteiger partial charge is 0.466 e. The molecule has 0 aliphatic carbocycles. The van der Waals surface area contributed by atoms with E-state index in [1.54, 1.807) is 43.3 Å². The van der Waals surface area contributed by atoms with Crippen molar-refractivity contribution in [3.8, 4) is 11.3 Å². The minimum absolute atomic E-state index is 0.0920. The van der Waals surface area contributed by atoms with E-state index in [4.69, 9.17) is 4.74 Å². The molecule has 0 saturated heterocycles. The molecule has 0 bridgehead atoms. The molecule has 156 valence electrons. The second-order valence-electron chi connectivity index (χ2n) is 6.49. The lowest BCUT2D eigenvalue weighted by Crippen LogP contribution is -2.26. The topological polar surface area (TPSA) is 68.3 Å². The fourth-order valence-electron chi connectivity index (χ4n) is 2.87. The smallest absolute Gasteiger partial charge is 0.416 e. The van der Waals surface area contributed by atoms with E-state index < -0.39 is 11.7 Å². The van der Waals surface area contributed by atoms with Crippen LogP contribution in [0, 0.1) is 0 Å². The van der Waals surface area contributed by atoms with E-state index >= 15 is 0 Å². The normalized spacial score (nSPS) is 11.3. The first-order valence-electron chi connectivity index (χ1n) is 9.30. The highest BCUT2D eigenvalue weighted by Gasteiger charge is 2.30. The maximum Gasteiger partial charge on any atom is 0.416 e. The van der Waals surface area contributed by atoms with Crippen LogP contribution in [-0.2, 0) is 15.7 Å². The third-order valence-electron chi connectivity index (χ3n) is 4.38. The first-order chi connectivity index (χ1) is 14.3. The number of hydrogen-bond donors (Lipinski definition) is 1. The Balaban J connectivity index is 1.70. The van der Waals surface area contributed by atoms with Crippen molar-refractivity contribution in [1.82, 2.24) is 10.3 Å². The van der Waals surface area contributed by atoms with Crippen LogP contribution in [0.4, 0.5) is 13.2 Å². The van der Waals surface area contributed by atoms with Crippen molar-refractivity contribution in [3.05, 3.63) is 65.7 Å². The van der Waals surface area contributed by atoms with Crippen LogP contribution >= 0.6 is 0 Å². The second kappa shape index (κ2) is 8.94. The van der Waals surface area contributed by atoms with Gasteiger partial charge in [0.2, 0.25) is 0 Å². The molecule has 2 aromatic carbocycles. The first kappa shape index (κ1) is 21.3. The molecule has 0 aliphatic rings. The molecule has 0 atom stereocenters. The number of nitrogens with zero attached hydrogens (tertiary/aromatic N) is 1. The van der Waals surface area contributed by atoms with Gasteiger partial charge in [-0.3, -0.25) is 9.59 Å². The number of hydrogen-bond acceptors (Lipinski definition) is 4. The van der Waals surface area contributed by atoms with Crippen LogP contribution in [0.15, 0.2) is 54.6 Å². The molecule has 1 aromatic heterocycles. The maximum absolute atomic E-state index is 12.8. The van der Waals surface area contributed by atoms with Crippen LogP contribution in [0.3, 0.4) is 0 Å². The van der Waals surface area contributed by atoms with Crippen LogP contribution in [0.25, 0.3) is 22.2 Å². The zero-order valence-electron chi connectivity index (χ0n) is 16.1. The molecule has 0 radical (unpaired) electrons. The quantitative estimate of drug-likeness (QED) is 0.596. The van der Waals surface area contributed by atoms with Crippen molar-refractivity contribution in [2.45, 2.75) is 19.5 Å². The molecule has 8 heteroatoms. The van der Waals surface area contributed by atoms with Gasteiger partial charge in [0.15, 0.2) is 0 Å². The summed E-state index contributed by atoms with van der Waals surface area (Å²) in [6.07, 6.45) is -4.31. The molecular formula is C22H19F3N2O3. The van der Waals surface area contributed by atoms with E-state index in [1.807, 2.05) is 0 Å². The molecule has 0 unspecified atom stereocenters. The number of pyridine rings is 1. The van der Waals surface area contributed by atoms with Crippen LogP contribution < -0.4 is 5.32 Å². The van der Waals surface area contributed by atoms with Crippen molar-refractivity contribution >= 4 is 22.8 Å². The third kappa shape index (κ3) is 5.14. The highest BCUT2D eigenvalue weighted by Crippen LogP contribution is 2.31. The monoisotopic (exact) mass is 416 g/mol. The summed E-state index contributed by atoms with van der Waals surface area (Å²) in [5.41, 5.74) is 1.44. The van der Waals surface area contributed by atoms with Gasteiger partial charge in [-0.15, -0.1) is 0 Å². The van der Waals surface area contributed by atoms with Crippen LogP contribution in [0.2, 0.25) is 0 Å². The summed E-state index contributed by atoms with van der Waals surface area (Å²) in [5, 5.41) is 3.04. The van der Waals surface area contributed by atoms with Crippen LogP contribution in [0.5, 0.6) is 0 Å². The van der Waals surface area contributed by atoms with E-state index in [2.05, 4.69) is 10.3 Å². The second-order valence-corrected chi connectivity index (χ2v) is 6.49. The number of ether oxygens (including phenoxy) is 1. The van der Waals surface area contributed by atoms with Crippen LogP contribution in [0.1, 0.15) is 29.3 Å². The molecule has 30 heavy (non-hydrogen) atoms. The fourth-order valence-corrected chi connectivity index (χ4v) is 2.87. The summed E-state index contributed by atoms with van der Waals surface area (Å²) in [5.74, 6) is -0.699. The molecule has 3 aromatic rings. The minimum Gasteiger partial charge on any atom is -0.466 e. The van der Waals surface area contributed by atoms with Crippen molar-refractivity contribution in [2.75, 3.05) is 13.2 Å². The number of esters is 1. The highest BCUT2D eigenvalue weighted by molar-refractivity contribution is 5.95. The zero-order chi connectivity index (χ0) is 21.7. The zero-order valence-corrected chi connectivity index (χ0v) is 16.1. The summed E-state index contributed by atoms with van der Waals surface area (Å²) in [6.45, 7) is 2.17. The lowest BCUT2D eigenvalue weighted by molar-refractivity contribution is -0.143. The molecule has 5 nitrogen and oxygen atoms in total. The van der Waals surface area contributed by atoms with Gasteiger partial charge < -0.3 is 10.1 Å². The predicted molar refractivity (Wildman–Crippen MR) is 106 cm³/mol. The number of carbonyl (C=O) groups is 2. The Bertz CT molecular complexity index is 1060. The van der Waals surface area contributed by atoms with Gasteiger partial charge in [-0.25, -0.2) is 4.98 Å². The fraction of sp³-hybridized carbons (Fsp3) is 0.227. The number of fused-ring (bicyclic) bond motifs is 1. The van der Waals surface area contributed by atoms with Crippen molar-refractivity contribution in [1.29, 1.82) is 0 Å². The number of amides is 1. The summed E-state index contributed by atoms with van der Waals surface area (Å²) < 4.78 is 43.3. The van der Waals surface area contributed by atoms with Gasteiger partial charge in [0, 0.05) is 23.1 Å². The number of nitrogens with one attached hydrogen (secondary N) is 1. The Labute approximate surface area is 170 Å². The summed E-state index contributed by atoms with van der Waals surface area (Å²) in [6, 6.07) is 13.3. The molecule has 0 aliphatic heterocycles. The van der Waals surface area contributed by atoms with E-state index in [1.165, 1.54) is 6.07 Å². The number of rotatable bonds is 6. The van der Waals surface area contributed by atoms with E-state index in [-0.39, 0.29) is 24.8 Å². The number of carbonyl (C=O) groups excluding carboxylic acids is 2. The van der Waals surface area contributed by atoms with Gasteiger partial charge in [-0.1, -0.05) is 18.2 Å². The molecule has 0 fully saturated rings. The Morgan fingerprint density at radius 2 is 1.77 bits per heavy atom. The number of aromatic nitrogens is 1. The van der Waals surface area contributed by atoms with Gasteiger partial charge in [0.05, 0.1) is 29.8 Å². The molecule has 1 amide bonds. The Morgan fingerprint density at radius 1 is 1.03 bits per heavy atom. The first-order valence-corrected chi connectivity index (χ1v) is 9.30. The summed E-state index contributed by atoms with van der Waals surface area (Å²) >= 11 is 0. The molecule has 0 spiro atoms. The third-order valence-corrected chi connectivity index (χ3v) is 4.38. The predicted octanol–water partition coefficient (Wildman–Crippen LogP) is 4.60. The summed E-state index contributed by atoms with van der Waals surface area (Å²) in [4.78, 5) is 27.8. The summed E-state index contributed by atoms with van der Waals surface area (Å²) in [7, 11) is 0. The maximum atomic E-state index is 12.8. The van der Waals surface area contributed by atoms with Gasteiger partial charge >= 0.3 is 12.1 Å². The number of halogens is 3. The van der Waals surface area contributed by atoms with Crippen LogP contribution in [-0.4, -0.2) is 30.0 Å². The van der Waals surface area contributed by atoms with Crippen molar-refractivity contribution in [2.24, 2.45) is 0 Å². The molecular weight excluding hydrogens is 397 g/mol. The highest BCUT2D eigenvalue weighted by atomic mass is 19.4. The molecule has 1 N–H and O–H groups in total. The molecule has 1 heterocycles. The van der Waals surface area contributed by atoms with Crippen molar-refractivity contribution < 1.29 is 27.5 Å². The van der Waals surface area contributed by atoms with Gasteiger partial charge in [-0.2, -0.15) is 13.2 Å². The number of benzene rings is 2. The Kier molecular flexibility index (Phi) is 6.34. The van der Waals surface area contributed by atoms with Gasteiger partial charge in [0.25, 0.3) is 5.91 Å². The lowest BCUT2D eigenvalue weighted by atomic mass is 10.1. The average molecular weight is 416 g/mol. The Morgan fingerprint density at radius 3 is 2.43 bits per heavy atom. The number of alkyl halides is 3. The van der Waals surface area contributed by atoms with Crippen molar-refractivity contribution in [3.63, 3.8) is 0 Å².